The Balaban J connectivity index is 1.45. The maximum atomic E-state index is 12.5. The van der Waals surface area contributed by atoms with Crippen molar-refractivity contribution in [3.05, 3.63) is 23.8 Å². The Morgan fingerprint density at radius 3 is 2.72 bits per heavy atom. The molecule has 3 amide bonds. The molecule has 0 aromatic heterocycles. The minimum Gasteiger partial charge on any atom is -0.494 e. The van der Waals surface area contributed by atoms with Crippen molar-refractivity contribution in [3.8, 4) is 5.75 Å². The Bertz CT molecular complexity index is 756. The van der Waals surface area contributed by atoms with Crippen molar-refractivity contribution in [2.45, 2.75) is 70.3 Å². The lowest BCUT2D eigenvalue weighted by Gasteiger charge is -2.36. The van der Waals surface area contributed by atoms with Crippen molar-refractivity contribution >= 4 is 23.4 Å². The van der Waals surface area contributed by atoms with Gasteiger partial charge >= 0.3 is 0 Å². The molecule has 3 rings (SSSR count). The van der Waals surface area contributed by atoms with Crippen LogP contribution in [0.2, 0.25) is 0 Å². The Labute approximate surface area is 172 Å². The molecule has 0 bridgehead atoms. The van der Waals surface area contributed by atoms with Crippen LogP contribution in [-0.2, 0) is 20.8 Å². The molecule has 158 valence electrons. The van der Waals surface area contributed by atoms with Crippen molar-refractivity contribution in [2.24, 2.45) is 0 Å². The van der Waals surface area contributed by atoms with Crippen molar-refractivity contribution in [2.75, 3.05) is 18.5 Å². The highest BCUT2D eigenvalue weighted by Gasteiger charge is 2.40. The second-order valence-electron chi connectivity index (χ2n) is 7.87. The Morgan fingerprint density at radius 2 is 1.97 bits per heavy atom. The number of fused-ring (bicyclic) bond motifs is 1. The van der Waals surface area contributed by atoms with Crippen molar-refractivity contribution < 1.29 is 19.1 Å². The minimum absolute atomic E-state index is 0.0422. The number of carbonyl (C=O) groups excluding carboxylic acids is 3. The van der Waals surface area contributed by atoms with Gasteiger partial charge in [0.1, 0.15) is 11.3 Å². The number of amides is 3. The van der Waals surface area contributed by atoms with E-state index in [0.717, 1.165) is 36.3 Å². The van der Waals surface area contributed by atoms with E-state index < -0.39 is 5.54 Å². The van der Waals surface area contributed by atoms with E-state index in [9.17, 15) is 14.4 Å². The largest absolute Gasteiger partial charge is 0.494 e. The molecular weight excluding hydrogens is 370 g/mol. The van der Waals surface area contributed by atoms with Crippen LogP contribution in [0, 0.1) is 0 Å². The second kappa shape index (κ2) is 9.76. The molecule has 7 nitrogen and oxygen atoms in total. The number of hydrogen-bond acceptors (Lipinski definition) is 4. The van der Waals surface area contributed by atoms with Crippen LogP contribution in [0.15, 0.2) is 18.2 Å². The van der Waals surface area contributed by atoms with Gasteiger partial charge in [0.2, 0.25) is 17.7 Å². The molecule has 7 heteroatoms. The van der Waals surface area contributed by atoms with Gasteiger partial charge in [-0.1, -0.05) is 19.3 Å². The first kappa shape index (κ1) is 21.1. The number of ether oxygens (including phenoxy) is 1. The van der Waals surface area contributed by atoms with E-state index in [1.165, 1.54) is 0 Å². The predicted octanol–water partition coefficient (Wildman–Crippen LogP) is 2.69. The van der Waals surface area contributed by atoms with Crippen LogP contribution < -0.4 is 20.7 Å². The van der Waals surface area contributed by atoms with Gasteiger partial charge in [0, 0.05) is 25.1 Å². The first-order valence-corrected chi connectivity index (χ1v) is 10.7. The zero-order valence-corrected chi connectivity index (χ0v) is 17.1. The number of carbonyl (C=O) groups is 3. The third kappa shape index (κ3) is 5.49. The smallest absolute Gasteiger partial charge is 0.245 e. The van der Waals surface area contributed by atoms with E-state index in [2.05, 4.69) is 16.0 Å². The zero-order valence-electron chi connectivity index (χ0n) is 17.1. The molecule has 0 radical (unpaired) electrons. The molecule has 1 aliphatic carbocycles. The van der Waals surface area contributed by atoms with Gasteiger partial charge in [-0.3, -0.25) is 14.4 Å². The second-order valence-corrected chi connectivity index (χ2v) is 7.87. The van der Waals surface area contributed by atoms with Gasteiger partial charge in [-0.25, -0.2) is 0 Å². The van der Waals surface area contributed by atoms with E-state index in [1.54, 1.807) is 0 Å². The summed E-state index contributed by atoms with van der Waals surface area (Å²) in [7, 11) is 0. The van der Waals surface area contributed by atoms with Crippen LogP contribution in [-0.4, -0.2) is 36.4 Å². The lowest BCUT2D eigenvalue weighted by Crippen LogP contribution is -2.59. The van der Waals surface area contributed by atoms with Crippen LogP contribution in [0.25, 0.3) is 0 Å². The van der Waals surface area contributed by atoms with Crippen LogP contribution in [0.4, 0.5) is 5.69 Å². The van der Waals surface area contributed by atoms with Crippen molar-refractivity contribution in [1.29, 1.82) is 0 Å². The molecule has 1 saturated carbocycles. The molecule has 0 atom stereocenters. The molecule has 0 saturated heterocycles. The normalized spacial score (nSPS) is 17.6. The van der Waals surface area contributed by atoms with Crippen LogP contribution in [0.3, 0.4) is 0 Å². The Hall–Kier alpha value is -2.57. The summed E-state index contributed by atoms with van der Waals surface area (Å²) in [6.45, 7) is 2.88. The topological polar surface area (TPSA) is 96.5 Å². The van der Waals surface area contributed by atoms with E-state index in [-0.39, 0.29) is 17.7 Å². The van der Waals surface area contributed by atoms with E-state index in [0.29, 0.717) is 51.7 Å². The summed E-state index contributed by atoms with van der Waals surface area (Å²) in [6, 6.07) is 5.63. The van der Waals surface area contributed by atoms with Crippen molar-refractivity contribution in [3.63, 3.8) is 0 Å². The molecule has 1 aliphatic heterocycles. The monoisotopic (exact) mass is 401 g/mol. The SMILES string of the molecule is CCNC(=O)C1(NC(=O)CCCOc2ccc3c(c2)CCC(=O)N3)CCCCC1. The summed E-state index contributed by atoms with van der Waals surface area (Å²) in [5.41, 5.74) is 1.16. The lowest BCUT2D eigenvalue weighted by molar-refractivity contribution is -0.135. The summed E-state index contributed by atoms with van der Waals surface area (Å²) in [6.07, 6.45) is 6.52. The summed E-state index contributed by atoms with van der Waals surface area (Å²) in [5, 5.41) is 8.74. The molecule has 1 aromatic rings. The van der Waals surface area contributed by atoms with Gasteiger partial charge in [-0.15, -0.1) is 0 Å². The van der Waals surface area contributed by atoms with Crippen LogP contribution in [0.1, 0.15) is 63.9 Å². The Kier molecular flexibility index (Phi) is 7.12. The molecule has 2 aliphatic rings. The van der Waals surface area contributed by atoms with Gasteiger partial charge in [0.25, 0.3) is 0 Å². The molecule has 1 heterocycles. The maximum absolute atomic E-state index is 12.5. The standard InChI is InChI=1S/C22H31N3O4/c1-2-23-21(28)22(12-4-3-5-13-22)25-20(27)7-6-14-29-17-9-10-18-16(15-17)8-11-19(26)24-18/h9-10,15H,2-8,11-14H2,1H3,(H,23,28)(H,24,26)(H,25,27). The Morgan fingerprint density at radius 1 is 1.17 bits per heavy atom. The highest BCUT2D eigenvalue weighted by Crippen LogP contribution is 2.29. The quantitative estimate of drug-likeness (QED) is 0.584. The molecule has 0 unspecified atom stereocenters. The summed E-state index contributed by atoms with van der Waals surface area (Å²) < 4.78 is 5.78. The first-order valence-electron chi connectivity index (χ1n) is 10.7. The average Bonchev–Trinajstić information content (AvgIpc) is 2.72. The van der Waals surface area contributed by atoms with Gasteiger partial charge in [-0.05, 0) is 56.4 Å². The highest BCUT2D eigenvalue weighted by atomic mass is 16.5. The number of rotatable bonds is 8. The number of likely N-dealkylation sites (N-methyl/N-ethyl adjacent to an activating group) is 1. The summed E-state index contributed by atoms with van der Waals surface area (Å²) in [5.74, 6) is 0.618. The number of nitrogens with one attached hydrogen (secondary N) is 3. The fraction of sp³-hybridized carbons (Fsp3) is 0.591. The molecule has 0 spiro atoms. The van der Waals surface area contributed by atoms with Gasteiger partial charge in [0.05, 0.1) is 6.61 Å². The van der Waals surface area contributed by atoms with E-state index >= 15 is 0 Å². The van der Waals surface area contributed by atoms with Gasteiger partial charge < -0.3 is 20.7 Å². The molecule has 1 fully saturated rings. The number of benzene rings is 1. The first-order chi connectivity index (χ1) is 14.0. The maximum Gasteiger partial charge on any atom is 0.245 e. The molecule has 29 heavy (non-hydrogen) atoms. The number of hydrogen-bond donors (Lipinski definition) is 3. The van der Waals surface area contributed by atoms with Gasteiger partial charge in [-0.2, -0.15) is 0 Å². The third-order valence-electron chi connectivity index (χ3n) is 5.65. The van der Waals surface area contributed by atoms with Crippen LogP contribution >= 0.6 is 0 Å². The minimum atomic E-state index is -0.755. The van der Waals surface area contributed by atoms with Gasteiger partial charge in [0.15, 0.2) is 0 Å². The number of aryl methyl sites for hydroxylation is 1. The predicted molar refractivity (Wildman–Crippen MR) is 111 cm³/mol. The van der Waals surface area contributed by atoms with Crippen molar-refractivity contribution in [1.82, 2.24) is 10.6 Å². The summed E-state index contributed by atoms with van der Waals surface area (Å²) >= 11 is 0. The average molecular weight is 402 g/mol. The lowest BCUT2D eigenvalue weighted by atomic mass is 9.80. The molecule has 1 aromatic carbocycles. The third-order valence-corrected chi connectivity index (χ3v) is 5.65. The summed E-state index contributed by atoms with van der Waals surface area (Å²) in [4.78, 5) is 36.4. The fourth-order valence-electron chi connectivity index (χ4n) is 4.10. The highest BCUT2D eigenvalue weighted by molar-refractivity contribution is 5.94. The molecule has 3 N–H and O–H groups in total. The van der Waals surface area contributed by atoms with E-state index in [1.807, 2.05) is 25.1 Å². The fourth-order valence-corrected chi connectivity index (χ4v) is 4.10. The molecular formula is C22H31N3O4. The number of anilines is 1. The zero-order chi connectivity index (χ0) is 20.7. The van der Waals surface area contributed by atoms with E-state index in [4.69, 9.17) is 4.74 Å². The van der Waals surface area contributed by atoms with Crippen LogP contribution in [0.5, 0.6) is 5.75 Å².